The van der Waals surface area contributed by atoms with E-state index in [4.69, 9.17) is 4.74 Å². The topological polar surface area (TPSA) is 55.4 Å². The molecule has 23 heavy (non-hydrogen) atoms. The zero-order valence-electron chi connectivity index (χ0n) is 13.0. The lowest BCUT2D eigenvalue weighted by molar-refractivity contribution is 0.402. The lowest BCUT2D eigenvalue weighted by Gasteiger charge is -2.11. The van der Waals surface area contributed by atoms with Gasteiger partial charge in [-0.15, -0.1) is 0 Å². The number of hydrogen-bond donors (Lipinski definition) is 1. The van der Waals surface area contributed by atoms with E-state index in [0.29, 0.717) is 16.8 Å². The smallest absolute Gasteiger partial charge is 0.244 e. The Balaban J connectivity index is 1.88. The van der Waals surface area contributed by atoms with Crippen molar-refractivity contribution in [3.05, 3.63) is 58.6 Å². The Bertz CT molecular complexity index is 733. The average Bonchev–Trinajstić information content (AvgIpc) is 2.55. The molecule has 0 spiro atoms. The predicted molar refractivity (Wildman–Crippen MR) is 95.3 cm³/mol. The second kappa shape index (κ2) is 8.47. The van der Waals surface area contributed by atoms with E-state index in [2.05, 4.69) is 32.8 Å². The van der Waals surface area contributed by atoms with Gasteiger partial charge in [-0.25, -0.2) is 13.1 Å². The minimum absolute atomic E-state index is 0.150. The summed E-state index contributed by atoms with van der Waals surface area (Å²) in [6.07, 6.45) is 2.66. The van der Waals surface area contributed by atoms with Gasteiger partial charge in [0.1, 0.15) is 10.6 Å². The van der Waals surface area contributed by atoms with E-state index in [-0.39, 0.29) is 4.90 Å². The average molecular weight is 398 g/mol. The van der Waals surface area contributed by atoms with Crippen LogP contribution in [-0.4, -0.2) is 22.1 Å². The van der Waals surface area contributed by atoms with Crippen LogP contribution < -0.4 is 9.46 Å². The Morgan fingerprint density at radius 1 is 1.09 bits per heavy atom. The monoisotopic (exact) mass is 397 g/mol. The minimum Gasteiger partial charge on any atom is -0.495 e. The number of nitrogens with one attached hydrogen (secondary N) is 1. The molecule has 0 amide bonds. The summed E-state index contributed by atoms with van der Waals surface area (Å²) in [4.78, 5) is 0.150. The summed E-state index contributed by atoms with van der Waals surface area (Å²) in [7, 11) is -2.12. The first-order chi connectivity index (χ1) is 11.0. The third kappa shape index (κ3) is 5.34. The Kier molecular flexibility index (Phi) is 6.62. The summed E-state index contributed by atoms with van der Waals surface area (Å²) >= 11 is 3.29. The van der Waals surface area contributed by atoms with Gasteiger partial charge in [0, 0.05) is 11.0 Å². The molecule has 2 aromatic carbocycles. The number of aryl methyl sites for hydroxylation is 1. The molecule has 1 N–H and O–H groups in total. The first-order valence-corrected chi connectivity index (χ1v) is 9.67. The summed E-state index contributed by atoms with van der Waals surface area (Å²) < 4.78 is 33.2. The first kappa shape index (κ1) is 18.0. The van der Waals surface area contributed by atoms with Crippen LogP contribution in [0.5, 0.6) is 5.75 Å². The van der Waals surface area contributed by atoms with E-state index in [0.717, 1.165) is 19.3 Å². The van der Waals surface area contributed by atoms with Gasteiger partial charge in [-0.3, -0.25) is 0 Å². The fourth-order valence-corrected chi connectivity index (χ4v) is 4.02. The predicted octanol–water partition coefficient (Wildman–Crippen LogP) is 3.76. The quantitative estimate of drug-likeness (QED) is 0.689. The zero-order valence-corrected chi connectivity index (χ0v) is 15.4. The highest BCUT2D eigenvalue weighted by Gasteiger charge is 2.19. The summed E-state index contributed by atoms with van der Waals surface area (Å²) in [5.41, 5.74) is 1.27. The molecule has 0 saturated carbocycles. The summed E-state index contributed by atoms with van der Waals surface area (Å²) in [5, 5.41) is 0. The second-order valence-electron chi connectivity index (χ2n) is 5.14. The number of methoxy groups -OCH3 is 1. The van der Waals surface area contributed by atoms with E-state index >= 15 is 0 Å². The number of rotatable bonds is 8. The molecule has 0 aliphatic heterocycles. The van der Waals surface area contributed by atoms with Crippen LogP contribution in [0.1, 0.15) is 18.4 Å². The number of benzene rings is 2. The normalized spacial score (nSPS) is 11.4. The van der Waals surface area contributed by atoms with Crippen molar-refractivity contribution in [1.82, 2.24) is 4.72 Å². The van der Waals surface area contributed by atoms with Gasteiger partial charge in [0.2, 0.25) is 10.0 Å². The molecule has 0 radical (unpaired) electrons. The van der Waals surface area contributed by atoms with E-state index in [1.54, 1.807) is 18.2 Å². The molecule has 2 rings (SSSR count). The maximum absolute atomic E-state index is 12.4. The maximum Gasteiger partial charge on any atom is 0.244 e. The lowest BCUT2D eigenvalue weighted by Crippen LogP contribution is -2.25. The van der Waals surface area contributed by atoms with Crippen LogP contribution in [0, 0.1) is 0 Å². The molecule has 6 heteroatoms. The number of ether oxygens (including phenoxy) is 1. The van der Waals surface area contributed by atoms with Crippen LogP contribution in [0.4, 0.5) is 0 Å². The maximum atomic E-state index is 12.4. The van der Waals surface area contributed by atoms with Gasteiger partial charge in [0.05, 0.1) is 7.11 Å². The molecule has 4 nitrogen and oxygen atoms in total. The molecule has 0 atom stereocenters. The summed E-state index contributed by atoms with van der Waals surface area (Å²) in [6, 6.07) is 15.1. The van der Waals surface area contributed by atoms with E-state index < -0.39 is 10.0 Å². The van der Waals surface area contributed by atoms with Crippen LogP contribution in [0.3, 0.4) is 0 Å². The third-order valence-corrected chi connectivity index (χ3v) is 5.42. The fraction of sp³-hybridized carbons (Fsp3) is 0.294. The lowest BCUT2D eigenvalue weighted by atomic mass is 10.1. The van der Waals surface area contributed by atoms with E-state index in [9.17, 15) is 8.42 Å². The molecule has 0 unspecified atom stereocenters. The molecule has 0 aliphatic carbocycles. The minimum atomic E-state index is -3.58. The number of sulfonamides is 1. The largest absolute Gasteiger partial charge is 0.495 e. The van der Waals surface area contributed by atoms with Crippen molar-refractivity contribution in [1.29, 1.82) is 0 Å². The van der Waals surface area contributed by atoms with Crippen molar-refractivity contribution >= 4 is 26.0 Å². The van der Waals surface area contributed by atoms with Crippen molar-refractivity contribution in [3.8, 4) is 5.75 Å². The van der Waals surface area contributed by atoms with Crippen molar-refractivity contribution < 1.29 is 13.2 Å². The molecule has 0 aliphatic rings. The molecule has 124 valence electrons. The standard InChI is InChI=1S/C17H20BrNO3S/c1-22-16-11-10-15(18)13-17(16)23(20,21)19-12-6-5-9-14-7-3-2-4-8-14/h2-4,7-8,10-11,13,19H,5-6,9,12H2,1H3. The van der Waals surface area contributed by atoms with E-state index in [1.165, 1.54) is 12.7 Å². The number of hydrogen-bond acceptors (Lipinski definition) is 3. The first-order valence-electron chi connectivity index (χ1n) is 7.40. The molecule has 0 fully saturated rings. The highest BCUT2D eigenvalue weighted by molar-refractivity contribution is 9.10. The Morgan fingerprint density at radius 3 is 2.52 bits per heavy atom. The van der Waals surface area contributed by atoms with Gasteiger partial charge in [0.15, 0.2) is 0 Å². The SMILES string of the molecule is COc1ccc(Br)cc1S(=O)(=O)NCCCCc1ccccc1. The van der Waals surface area contributed by atoms with Gasteiger partial charge < -0.3 is 4.74 Å². The van der Waals surface area contributed by atoms with Crippen LogP contribution in [-0.2, 0) is 16.4 Å². The fourth-order valence-electron chi connectivity index (χ4n) is 2.24. The van der Waals surface area contributed by atoms with Crippen LogP contribution in [0.25, 0.3) is 0 Å². The van der Waals surface area contributed by atoms with Gasteiger partial charge >= 0.3 is 0 Å². The highest BCUT2D eigenvalue weighted by Crippen LogP contribution is 2.27. The van der Waals surface area contributed by atoms with Crippen LogP contribution >= 0.6 is 15.9 Å². The Labute approximate surface area is 146 Å². The Hall–Kier alpha value is -1.37. The number of unbranched alkanes of at least 4 members (excludes halogenated alkanes) is 1. The molecular weight excluding hydrogens is 378 g/mol. The Morgan fingerprint density at radius 2 is 1.83 bits per heavy atom. The van der Waals surface area contributed by atoms with Gasteiger partial charge in [-0.2, -0.15) is 0 Å². The molecular formula is C17H20BrNO3S. The van der Waals surface area contributed by atoms with Crippen LogP contribution in [0.15, 0.2) is 57.9 Å². The van der Waals surface area contributed by atoms with E-state index in [1.807, 2.05) is 18.2 Å². The van der Waals surface area contributed by atoms with Crippen molar-refractivity contribution in [2.24, 2.45) is 0 Å². The summed E-state index contributed by atoms with van der Waals surface area (Å²) in [5.74, 6) is 0.338. The third-order valence-electron chi connectivity index (χ3n) is 3.44. The zero-order chi connectivity index (χ0) is 16.7. The molecule has 0 saturated heterocycles. The van der Waals surface area contributed by atoms with Gasteiger partial charge in [0.25, 0.3) is 0 Å². The molecule has 0 heterocycles. The molecule has 2 aromatic rings. The second-order valence-corrected chi connectivity index (χ2v) is 7.79. The molecule has 0 aromatic heterocycles. The molecule has 0 bridgehead atoms. The summed E-state index contributed by atoms with van der Waals surface area (Å²) in [6.45, 7) is 0.408. The van der Waals surface area contributed by atoms with Crippen molar-refractivity contribution in [2.45, 2.75) is 24.2 Å². The van der Waals surface area contributed by atoms with Gasteiger partial charge in [-0.05, 0) is 43.0 Å². The van der Waals surface area contributed by atoms with Crippen molar-refractivity contribution in [2.75, 3.05) is 13.7 Å². The highest BCUT2D eigenvalue weighted by atomic mass is 79.9. The number of halogens is 1. The van der Waals surface area contributed by atoms with Gasteiger partial charge in [-0.1, -0.05) is 46.3 Å². The van der Waals surface area contributed by atoms with Crippen molar-refractivity contribution in [3.63, 3.8) is 0 Å². The van der Waals surface area contributed by atoms with Crippen LogP contribution in [0.2, 0.25) is 0 Å².